The molecule has 5 heteroatoms. The maximum atomic E-state index is 12.4. The van der Waals surface area contributed by atoms with Crippen molar-refractivity contribution in [2.45, 2.75) is 6.92 Å². The number of carbonyl (C=O) groups excluding carboxylic acids is 1. The second kappa shape index (κ2) is 6.30. The van der Waals surface area contributed by atoms with Gasteiger partial charge >= 0.3 is 0 Å². The van der Waals surface area contributed by atoms with E-state index in [0.717, 1.165) is 16.8 Å². The van der Waals surface area contributed by atoms with Gasteiger partial charge in [0.25, 0.3) is 5.91 Å². The number of hydrogen-bond donors (Lipinski definition) is 1. The van der Waals surface area contributed by atoms with Gasteiger partial charge in [-0.3, -0.25) is 9.78 Å². The second-order valence-corrected chi connectivity index (χ2v) is 6.07. The Labute approximate surface area is 137 Å². The lowest BCUT2D eigenvalue weighted by atomic mass is 10.1. The number of hydrogen-bond acceptors (Lipinski definition) is 3. The quantitative estimate of drug-likeness (QED) is 0.733. The summed E-state index contributed by atoms with van der Waals surface area (Å²) in [5.41, 5.74) is 4.04. The molecule has 0 saturated carbocycles. The zero-order chi connectivity index (χ0) is 15.5. The van der Waals surface area contributed by atoms with Crippen molar-refractivity contribution in [2.24, 2.45) is 0 Å². The molecule has 3 rings (SSSR count). The van der Waals surface area contributed by atoms with Crippen LogP contribution in [0.25, 0.3) is 11.3 Å². The Morgan fingerprint density at radius 3 is 2.86 bits per heavy atom. The SMILES string of the molecule is Cc1ccc(Cl)cc1NC(=O)c1ccnc(-c2ccsc2)c1. The monoisotopic (exact) mass is 328 g/mol. The highest BCUT2D eigenvalue weighted by molar-refractivity contribution is 7.08. The number of aromatic nitrogens is 1. The van der Waals surface area contributed by atoms with E-state index in [4.69, 9.17) is 11.6 Å². The van der Waals surface area contributed by atoms with Gasteiger partial charge in [0.2, 0.25) is 0 Å². The molecule has 2 aromatic heterocycles. The van der Waals surface area contributed by atoms with Crippen molar-refractivity contribution in [3.05, 3.63) is 69.5 Å². The zero-order valence-electron chi connectivity index (χ0n) is 11.8. The van der Waals surface area contributed by atoms with E-state index in [-0.39, 0.29) is 5.91 Å². The lowest BCUT2D eigenvalue weighted by Gasteiger charge is -2.09. The molecule has 0 aliphatic carbocycles. The van der Waals surface area contributed by atoms with Crippen LogP contribution < -0.4 is 5.32 Å². The van der Waals surface area contributed by atoms with Gasteiger partial charge in [0.1, 0.15) is 0 Å². The summed E-state index contributed by atoms with van der Waals surface area (Å²) in [6.45, 7) is 1.93. The number of nitrogens with one attached hydrogen (secondary N) is 1. The summed E-state index contributed by atoms with van der Waals surface area (Å²) in [6, 6.07) is 10.9. The highest BCUT2D eigenvalue weighted by Gasteiger charge is 2.10. The molecule has 0 spiro atoms. The van der Waals surface area contributed by atoms with Crippen molar-refractivity contribution < 1.29 is 4.79 Å². The fourth-order valence-electron chi connectivity index (χ4n) is 2.06. The van der Waals surface area contributed by atoms with Crippen LogP contribution in [0, 0.1) is 6.92 Å². The molecular formula is C17H13ClN2OS. The first-order valence-electron chi connectivity index (χ1n) is 6.69. The number of anilines is 1. The molecule has 0 aliphatic rings. The molecule has 3 nitrogen and oxygen atoms in total. The van der Waals surface area contributed by atoms with E-state index in [1.165, 1.54) is 0 Å². The molecular weight excluding hydrogens is 316 g/mol. The van der Waals surface area contributed by atoms with Crippen LogP contribution in [-0.4, -0.2) is 10.9 Å². The summed E-state index contributed by atoms with van der Waals surface area (Å²) in [5.74, 6) is -0.177. The van der Waals surface area contributed by atoms with Crippen molar-refractivity contribution in [2.75, 3.05) is 5.32 Å². The van der Waals surface area contributed by atoms with Crippen LogP contribution in [0.5, 0.6) is 0 Å². The molecule has 0 bridgehead atoms. The molecule has 0 saturated heterocycles. The van der Waals surface area contributed by atoms with Gasteiger partial charge < -0.3 is 5.32 Å². The average molecular weight is 329 g/mol. The van der Waals surface area contributed by atoms with Gasteiger partial charge in [-0.05, 0) is 48.2 Å². The van der Waals surface area contributed by atoms with Crippen LogP contribution in [-0.2, 0) is 0 Å². The van der Waals surface area contributed by atoms with Gasteiger partial charge in [-0.2, -0.15) is 11.3 Å². The minimum absolute atomic E-state index is 0.177. The molecule has 110 valence electrons. The van der Waals surface area contributed by atoms with Crippen LogP contribution in [0.3, 0.4) is 0 Å². The Balaban J connectivity index is 1.86. The number of nitrogens with zero attached hydrogens (tertiary/aromatic N) is 1. The predicted octanol–water partition coefficient (Wildman–Crippen LogP) is 5.02. The molecule has 0 aliphatic heterocycles. The Morgan fingerprint density at radius 1 is 1.23 bits per heavy atom. The topological polar surface area (TPSA) is 42.0 Å². The molecule has 22 heavy (non-hydrogen) atoms. The summed E-state index contributed by atoms with van der Waals surface area (Å²) < 4.78 is 0. The number of benzene rings is 1. The minimum Gasteiger partial charge on any atom is -0.322 e. The van der Waals surface area contributed by atoms with E-state index in [0.29, 0.717) is 16.3 Å². The molecule has 1 N–H and O–H groups in total. The minimum atomic E-state index is -0.177. The van der Waals surface area contributed by atoms with E-state index in [2.05, 4.69) is 10.3 Å². The van der Waals surface area contributed by atoms with Crippen molar-refractivity contribution in [1.29, 1.82) is 0 Å². The number of pyridine rings is 1. The number of amides is 1. The van der Waals surface area contributed by atoms with Gasteiger partial charge in [-0.1, -0.05) is 17.7 Å². The standard InChI is InChI=1S/C17H13ClN2OS/c1-11-2-3-14(18)9-15(11)20-17(21)12-4-6-19-16(8-12)13-5-7-22-10-13/h2-10H,1H3,(H,20,21). The number of aryl methyl sites for hydroxylation is 1. The maximum Gasteiger partial charge on any atom is 0.255 e. The number of halogens is 1. The zero-order valence-corrected chi connectivity index (χ0v) is 13.4. The van der Waals surface area contributed by atoms with Crippen molar-refractivity contribution >= 4 is 34.5 Å². The average Bonchev–Trinajstić information content (AvgIpc) is 3.05. The van der Waals surface area contributed by atoms with Crippen LogP contribution in [0.1, 0.15) is 15.9 Å². The van der Waals surface area contributed by atoms with Gasteiger partial charge in [0.15, 0.2) is 0 Å². The van der Waals surface area contributed by atoms with Crippen molar-refractivity contribution in [1.82, 2.24) is 4.98 Å². The lowest BCUT2D eigenvalue weighted by molar-refractivity contribution is 0.102. The molecule has 2 heterocycles. The first kappa shape index (κ1) is 14.8. The summed E-state index contributed by atoms with van der Waals surface area (Å²) >= 11 is 7.58. The van der Waals surface area contributed by atoms with E-state index in [1.807, 2.05) is 29.8 Å². The van der Waals surface area contributed by atoms with Crippen LogP contribution >= 0.6 is 22.9 Å². The maximum absolute atomic E-state index is 12.4. The summed E-state index contributed by atoms with van der Waals surface area (Å²) in [5, 5.41) is 7.47. The fraction of sp³-hybridized carbons (Fsp3) is 0.0588. The summed E-state index contributed by atoms with van der Waals surface area (Å²) in [4.78, 5) is 16.7. The third-order valence-corrected chi connectivity index (χ3v) is 4.21. The van der Waals surface area contributed by atoms with E-state index in [1.54, 1.807) is 41.8 Å². The third-order valence-electron chi connectivity index (χ3n) is 3.29. The van der Waals surface area contributed by atoms with Crippen LogP contribution in [0.2, 0.25) is 5.02 Å². The van der Waals surface area contributed by atoms with Gasteiger partial charge in [0, 0.05) is 33.4 Å². The Hall–Kier alpha value is -2.17. The molecule has 1 aromatic carbocycles. The molecule has 1 amide bonds. The van der Waals surface area contributed by atoms with E-state index in [9.17, 15) is 4.79 Å². The second-order valence-electron chi connectivity index (χ2n) is 4.86. The van der Waals surface area contributed by atoms with Crippen molar-refractivity contribution in [3.8, 4) is 11.3 Å². The fourth-order valence-corrected chi connectivity index (χ4v) is 2.89. The normalized spacial score (nSPS) is 10.5. The molecule has 0 fully saturated rings. The molecule has 0 radical (unpaired) electrons. The molecule has 0 unspecified atom stereocenters. The Morgan fingerprint density at radius 2 is 2.09 bits per heavy atom. The summed E-state index contributed by atoms with van der Waals surface area (Å²) in [7, 11) is 0. The van der Waals surface area contributed by atoms with Crippen molar-refractivity contribution in [3.63, 3.8) is 0 Å². The van der Waals surface area contributed by atoms with Gasteiger partial charge in [0.05, 0.1) is 5.69 Å². The Kier molecular flexibility index (Phi) is 4.22. The van der Waals surface area contributed by atoms with E-state index < -0.39 is 0 Å². The first-order chi connectivity index (χ1) is 10.6. The predicted molar refractivity (Wildman–Crippen MR) is 91.7 cm³/mol. The van der Waals surface area contributed by atoms with E-state index >= 15 is 0 Å². The first-order valence-corrected chi connectivity index (χ1v) is 8.02. The Bertz CT molecular complexity index is 815. The number of carbonyl (C=O) groups is 1. The molecule has 0 atom stereocenters. The van der Waals surface area contributed by atoms with Gasteiger partial charge in [-0.25, -0.2) is 0 Å². The highest BCUT2D eigenvalue weighted by Crippen LogP contribution is 2.23. The largest absolute Gasteiger partial charge is 0.322 e. The van der Waals surface area contributed by atoms with Crippen LogP contribution in [0.15, 0.2) is 53.4 Å². The van der Waals surface area contributed by atoms with Crippen LogP contribution in [0.4, 0.5) is 5.69 Å². The molecule has 3 aromatic rings. The summed E-state index contributed by atoms with van der Waals surface area (Å²) in [6.07, 6.45) is 1.65. The smallest absolute Gasteiger partial charge is 0.255 e. The third kappa shape index (κ3) is 3.18. The number of thiophene rings is 1. The highest BCUT2D eigenvalue weighted by atomic mass is 35.5. The lowest BCUT2D eigenvalue weighted by Crippen LogP contribution is -2.13. The number of rotatable bonds is 3. The van der Waals surface area contributed by atoms with Gasteiger partial charge in [-0.15, -0.1) is 0 Å².